The summed E-state index contributed by atoms with van der Waals surface area (Å²) in [6.07, 6.45) is -7.22. The van der Waals surface area contributed by atoms with Crippen LogP contribution >= 0.6 is 0 Å². The van der Waals surface area contributed by atoms with Crippen molar-refractivity contribution >= 4 is 44.9 Å². The molecule has 1 heterocycles. The maximum absolute atomic E-state index is 15.4. The summed E-state index contributed by atoms with van der Waals surface area (Å²) in [6.45, 7) is 0.556. The minimum Gasteiger partial charge on any atom is -0.419 e. The Kier molecular flexibility index (Phi) is 14.4. The number of hydrogen-bond acceptors (Lipinski definition) is 3. The lowest BCUT2D eigenvalue weighted by Crippen LogP contribution is -2.81. The summed E-state index contributed by atoms with van der Waals surface area (Å²) >= 11 is 0. The molecule has 8 rings (SSSR count). The molecule has 0 spiro atoms. The van der Waals surface area contributed by atoms with Gasteiger partial charge in [-0.3, -0.25) is 0 Å². The van der Waals surface area contributed by atoms with Crippen molar-refractivity contribution in [3.63, 3.8) is 0 Å². The van der Waals surface area contributed by atoms with E-state index in [2.05, 4.69) is 6.07 Å². The van der Waals surface area contributed by atoms with Gasteiger partial charge in [0.1, 0.15) is 58.4 Å². The largest absolute Gasteiger partial charge is 0.419 e. The third-order valence-electron chi connectivity index (χ3n) is 11.2. The maximum Gasteiger partial charge on any atom is 0.409 e. The second-order valence-electron chi connectivity index (χ2n) is 15.2. The van der Waals surface area contributed by atoms with Crippen molar-refractivity contribution in [2.75, 3.05) is 0 Å². The number of esters is 1. The van der Waals surface area contributed by atoms with Crippen molar-refractivity contribution in [3.05, 3.63) is 224 Å². The standard InChI is InChI=1S/C24BF20.C24H17N2O2/c26-5-1(6(27)14(35)21(42)13(5)34)25(2-7(28)15(36)22(43)16(37)8(2)29,3-9(30)17(38)23(44)18(39)10(3)31)4-11(32)19(40)24(45)20(41)12(4)33;25-16-18-10-13-21(14-11-18)28-24(27)23-15-12-20-8-4-5-9-22(20)26(23)17-19-6-2-1-3-7-19/h;1-15H,17H2/q-1;+1. The minimum absolute atomic E-state index is 0.406. The first-order valence-corrected chi connectivity index (χ1v) is 19.9. The number of benzene rings is 7. The molecule has 0 aliphatic carbocycles. The Labute approximate surface area is 394 Å². The number of rotatable bonds is 8. The zero-order valence-corrected chi connectivity index (χ0v) is 35.2. The fraction of sp³-hybridized carbons (Fsp3) is 0.0208. The number of pyridine rings is 1. The summed E-state index contributed by atoms with van der Waals surface area (Å²) in [7, 11) is 0. The molecule has 1 aromatic heterocycles. The van der Waals surface area contributed by atoms with Gasteiger partial charge in [0.2, 0.25) is 5.52 Å². The lowest BCUT2D eigenvalue weighted by molar-refractivity contribution is -0.664. The van der Waals surface area contributed by atoms with Gasteiger partial charge < -0.3 is 4.74 Å². The molecule has 73 heavy (non-hydrogen) atoms. The van der Waals surface area contributed by atoms with E-state index in [1.807, 2.05) is 65.2 Å². The second kappa shape index (κ2) is 20.0. The lowest BCUT2D eigenvalue weighted by Gasteiger charge is -2.44. The Bertz CT molecular complexity index is 3230. The third kappa shape index (κ3) is 8.58. The molecule has 0 amide bonds. The number of hydrogen-bond donors (Lipinski definition) is 0. The number of aromatic nitrogens is 1. The van der Waals surface area contributed by atoms with Crippen LogP contribution in [0.15, 0.2) is 91.0 Å². The highest BCUT2D eigenvalue weighted by Gasteiger charge is 2.52. The summed E-state index contributed by atoms with van der Waals surface area (Å²) in [5.41, 5.74) is -11.3. The van der Waals surface area contributed by atoms with Crippen molar-refractivity contribution < 1.29 is 102 Å². The van der Waals surface area contributed by atoms with Gasteiger partial charge in [-0.2, -0.15) is 9.83 Å². The quantitative estimate of drug-likeness (QED) is 0.0290. The molecule has 0 N–H and O–H groups in total. The Morgan fingerprint density at radius 3 is 1.10 bits per heavy atom. The highest BCUT2D eigenvalue weighted by Crippen LogP contribution is 2.31. The minimum atomic E-state index is -7.22. The summed E-state index contributed by atoms with van der Waals surface area (Å²) in [4.78, 5) is 12.9. The number of fused-ring (bicyclic) bond motifs is 1. The van der Waals surface area contributed by atoms with Crippen LogP contribution in [0.2, 0.25) is 0 Å². The van der Waals surface area contributed by atoms with Crippen LogP contribution in [0.4, 0.5) is 87.8 Å². The van der Waals surface area contributed by atoms with Crippen molar-refractivity contribution in [1.82, 2.24) is 0 Å². The van der Waals surface area contributed by atoms with Gasteiger partial charge in [0.15, 0.2) is 76.4 Å². The van der Waals surface area contributed by atoms with Gasteiger partial charge in [-0.15, -0.1) is 21.9 Å². The molecule has 0 aliphatic rings. The van der Waals surface area contributed by atoms with Crippen LogP contribution in [-0.4, -0.2) is 12.1 Å². The number of ether oxygens (including phenoxy) is 1. The molecule has 25 heteroatoms. The van der Waals surface area contributed by atoms with Gasteiger partial charge in [-0.1, -0.05) is 42.5 Å². The van der Waals surface area contributed by atoms with E-state index < -0.39 is 150 Å². The SMILES string of the molecule is Fc1c(F)c(F)c([B-](c2c(F)c(F)c(F)c(F)c2F)(c2c(F)c(F)c(F)c(F)c2F)c2c(F)c(F)c(F)c(F)c2F)c(F)c1F.N#Cc1ccc(OC(=O)c2ccc3ccccc3[n+]2Cc2ccccc2)cc1. The number of carbonyl (C=O) groups is 1. The van der Waals surface area contributed by atoms with E-state index in [1.54, 1.807) is 30.3 Å². The van der Waals surface area contributed by atoms with Gasteiger partial charge in [0, 0.05) is 23.1 Å². The predicted octanol–water partition coefficient (Wildman–Crippen LogP) is 10.1. The van der Waals surface area contributed by atoms with E-state index >= 15 is 35.1 Å². The third-order valence-corrected chi connectivity index (χ3v) is 11.2. The first kappa shape index (κ1) is 52.4. The topological polar surface area (TPSA) is 54.0 Å². The first-order chi connectivity index (χ1) is 34.4. The second-order valence-corrected chi connectivity index (χ2v) is 15.2. The summed E-state index contributed by atoms with van der Waals surface area (Å²) in [6, 6.07) is 30.2. The zero-order chi connectivity index (χ0) is 53.7. The molecule has 374 valence electrons. The van der Waals surface area contributed by atoms with Crippen LogP contribution in [0.3, 0.4) is 0 Å². The molecule has 4 nitrogen and oxygen atoms in total. The van der Waals surface area contributed by atoms with E-state index in [0.717, 1.165) is 16.5 Å². The number of carbonyl (C=O) groups excluding carboxylic acids is 1. The summed E-state index contributed by atoms with van der Waals surface area (Å²) in [5, 5.41) is 9.95. The molecule has 0 unspecified atom stereocenters. The van der Waals surface area contributed by atoms with Gasteiger partial charge >= 0.3 is 5.97 Å². The van der Waals surface area contributed by atoms with Gasteiger partial charge in [0.05, 0.1) is 11.6 Å². The molecule has 8 aromatic rings. The number of nitrogens with zero attached hydrogens (tertiary/aromatic N) is 2. The summed E-state index contributed by atoms with van der Waals surface area (Å²) in [5.74, 6) is -71.4. The average Bonchev–Trinajstić information content (AvgIpc) is 3.39. The zero-order valence-electron chi connectivity index (χ0n) is 35.2. The number of para-hydroxylation sites is 1. The van der Waals surface area contributed by atoms with Crippen molar-refractivity contribution in [2.24, 2.45) is 0 Å². The predicted molar refractivity (Wildman–Crippen MR) is 215 cm³/mol. The number of nitriles is 1. The van der Waals surface area contributed by atoms with E-state index in [4.69, 9.17) is 10.00 Å². The normalized spacial score (nSPS) is 11.4. The highest BCUT2D eigenvalue weighted by atomic mass is 19.2. The van der Waals surface area contributed by atoms with Crippen molar-refractivity contribution in [1.29, 1.82) is 5.26 Å². The van der Waals surface area contributed by atoms with Crippen LogP contribution in [0.5, 0.6) is 5.75 Å². The molecule has 0 aliphatic heterocycles. The van der Waals surface area contributed by atoms with Crippen LogP contribution in [0.25, 0.3) is 10.9 Å². The molecular formula is C48H17BF20N2O2. The van der Waals surface area contributed by atoms with E-state index in [-0.39, 0.29) is 0 Å². The molecule has 0 atom stereocenters. The first-order valence-electron chi connectivity index (χ1n) is 19.9. The van der Waals surface area contributed by atoms with Crippen LogP contribution < -0.4 is 31.2 Å². The van der Waals surface area contributed by atoms with Crippen LogP contribution in [-0.2, 0) is 6.54 Å². The van der Waals surface area contributed by atoms with Crippen LogP contribution in [0.1, 0.15) is 21.6 Å². The molecule has 0 radical (unpaired) electrons. The van der Waals surface area contributed by atoms with Gasteiger partial charge in [-0.25, -0.2) is 92.6 Å². The van der Waals surface area contributed by atoms with Crippen molar-refractivity contribution in [2.45, 2.75) is 6.54 Å². The molecule has 0 saturated heterocycles. The van der Waals surface area contributed by atoms with Crippen LogP contribution in [0, 0.1) is 128 Å². The van der Waals surface area contributed by atoms with E-state index in [1.165, 1.54) is 0 Å². The molecule has 7 aromatic carbocycles. The Morgan fingerprint density at radius 1 is 0.411 bits per heavy atom. The lowest BCUT2D eigenvalue weighted by atomic mass is 9.12. The van der Waals surface area contributed by atoms with E-state index in [0.29, 0.717) is 23.6 Å². The monoisotopic (exact) mass is 1040 g/mol. The Hall–Kier alpha value is -8.43. The number of halogens is 20. The fourth-order valence-electron chi connectivity index (χ4n) is 8.01. The fourth-order valence-corrected chi connectivity index (χ4v) is 8.01. The Balaban J connectivity index is 0.000000237. The van der Waals surface area contributed by atoms with Gasteiger partial charge in [-0.05, 0) is 36.4 Å². The summed E-state index contributed by atoms with van der Waals surface area (Å²) < 4.78 is 301. The molecule has 0 bridgehead atoms. The van der Waals surface area contributed by atoms with Crippen molar-refractivity contribution in [3.8, 4) is 11.8 Å². The molecular weight excluding hydrogens is 1030 g/mol. The molecule has 0 fully saturated rings. The van der Waals surface area contributed by atoms with Gasteiger partial charge in [0.25, 0.3) is 5.69 Å². The maximum atomic E-state index is 15.4. The highest BCUT2D eigenvalue weighted by molar-refractivity contribution is 7.20. The Morgan fingerprint density at radius 2 is 0.740 bits per heavy atom. The smallest absolute Gasteiger partial charge is 0.409 e. The average molecular weight is 1040 g/mol. The van der Waals surface area contributed by atoms with E-state index in [9.17, 15) is 57.5 Å². The molecule has 0 saturated carbocycles.